The van der Waals surface area contributed by atoms with E-state index in [0.29, 0.717) is 5.92 Å². The molecule has 1 aromatic rings. The van der Waals surface area contributed by atoms with E-state index in [1.54, 1.807) is 7.11 Å². The van der Waals surface area contributed by atoms with Gasteiger partial charge in [-0.15, -0.1) is 0 Å². The molecule has 3 atom stereocenters. The summed E-state index contributed by atoms with van der Waals surface area (Å²) in [5, 5.41) is 10.5. The summed E-state index contributed by atoms with van der Waals surface area (Å²) in [4.78, 5) is 0. The Balaban J connectivity index is 2.02. The number of aliphatic hydroxyl groups excluding tert-OH is 1. The van der Waals surface area contributed by atoms with Crippen LogP contribution in [0.1, 0.15) is 50.7 Å². The predicted molar refractivity (Wildman–Crippen MR) is 73.7 cm³/mol. The van der Waals surface area contributed by atoms with Gasteiger partial charge in [-0.3, -0.25) is 0 Å². The largest absolute Gasteiger partial charge is 0.497 e. The molecule has 0 aliphatic heterocycles. The van der Waals surface area contributed by atoms with E-state index in [4.69, 9.17) is 4.74 Å². The molecule has 0 saturated heterocycles. The molecule has 0 amide bonds. The Kier molecular flexibility index (Phi) is 4.65. The van der Waals surface area contributed by atoms with Crippen molar-refractivity contribution in [2.45, 2.75) is 45.1 Å². The van der Waals surface area contributed by atoms with Crippen molar-refractivity contribution in [1.82, 2.24) is 0 Å². The lowest BCUT2D eigenvalue weighted by Crippen LogP contribution is -2.21. The molecule has 1 saturated carbocycles. The second kappa shape index (κ2) is 6.24. The van der Waals surface area contributed by atoms with E-state index in [0.717, 1.165) is 23.7 Å². The third-order valence-corrected chi connectivity index (χ3v) is 4.30. The molecule has 3 unspecified atom stereocenters. The molecule has 0 spiro atoms. The van der Waals surface area contributed by atoms with Crippen LogP contribution < -0.4 is 4.74 Å². The lowest BCUT2D eigenvalue weighted by Gasteiger charge is -2.32. The normalized spacial score (nSPS) is 25.7. The smallest absolute Gasteiger partial charge is 0.118 e. The summed E-state index contributed by atoms with van der Waals surface area (Å²) in [6.07, 6.45) is 5.85. The number of methoxy groups -OCH3 is 1. The minimum absolute atomic E-state index is 0.315. The second-order valence-electron chi connectivity index (χ2n) is 5.42. The molecular weight excluding hydrogens is 224 g/mol. The molecule has 2 rings (SSSR count). The standard InChI is InChI=1S/C16H24O2/c1-3-12-5-4-6-14(11-12)16(17)13-7-9-15(18-2)10-8-13/h7-10,12,14,16-17H,3-6,11H2,1-2H3. The Morgan fingerprint density at radius 2 is 2.00 bits per heavy atom. The fourth-order valence-corrected chi connectivity index (χ4v) is 3.06. The molecule has 1 aliphatic carbocycles. The zero-order valence-electron chi connectivity index (χ0n) is 11.4. The zero-order valence-corrected chi connectivity index (χ0v) is 11.4. The quantitative estimate of drug-likeness (QED) is 0.874. The van der Waals surface area contributed by atoms with Crippen molar-refractivity contribution < 1.29 is 9.84 Å². The number of hydrogen-bond donors (Lipinski definition) is 1. The maximum atomic E-state index is 10.5. The van der Waals surface area contributed by atoms with Crippen molar-refractivity contribution in [3.63, 3.8) is 0 Å². The monoisotopic (exact) mass is 248 g/mol. The Bertz CT molecular complexity index is 358. The lowest BCUT2D eigenvalue weighted by atomic mass is 9.76. The maximum absolute atomic E-state index is 10.5. The highest BCUT2D eigenvalue weighted by atomic mass is 16.5. The number of ether oxygens (including phenoxy) is 1. The fourth-order valence-electron chi connectivity index (χ4n) is 3.06. The first-order valence-corrected chi connectivity index (χ1v) is 7.06. The van der Waals surface area contributed by atoms with E-state index >= 15 is 0 Å². The highest BCUT2D eigenvalue weighted by molar-refractivity contribution is 5.28. The predicted octanol–water partition coefficient (Wildman–Crippen LogP) is 3.95. The van der Waals surface area contributed by atoms with Crippen LogP contribution in [0, 0.1) is 11.8 Å². The van der Waals surface area contributed by atoms with Crippen molar-refractivity contribution in [2.24, 2.45) is 11.8 Å². The molecule has 1 fully saturated rings. The van der Waals surface area contributed by atoms with Crippen LogP contribution in [-0.2, 0) is 0 Å². The molecule has 0 aromatic heterocycles. The molecule has 0 heterocycles. The van der Waals surface area contributed by atoms with Crippen LogP contribution in [0.25, 0.3) is 0 Å². The van der Waals surface area contributed by atoms with Gasteiger partial charge in [0, 0.05) is 0 Å². The van der Waals surface area contributed by atoms with Crippen LogP contribution in [0.5, 0.6) is 5.75 Å². The molecule has 1 N–H and O–H groups in total. The summed E-state index contributed by atoms with van der Waals surface area (Å²) in [5.41, 5.74) is 1.03. The van der Waals surface area contributed by atoms with Gasteiger partial charge in [0.15, 0.2) is 0 Å². The minimum Gasteiger partial charge on any atom is -0.497 e. The van der Waals surface area contributed by atoms with Crippen molar-refractivity contribution >= 4 is 0 Å². The second-order valence-corrected chi connectivity index (χ2v) is 5.42. The summed E-state index contributed by atoms with van der Waals surface area (Å²) in [6, 6.07) is 7.83. The summed E-state index contributed by atoms with van der Waals surface area (Å²) in [7, 11) is 1.67. The van der Waals surface area contributed by atoms with Crippen LogP contribution in [0.4, 0.5) is 0 Å². The first-order chi connectivity index (χ1) is 8.74. The molecule has 100 valence electrons. The molecule has 0 bridgehead atoms. The van der Waals surface area contributed by atoms with E-state index in [2.05, 4.69) is 6.92 Å². The highest BCUT2D eigenvalue weighted by Gasteiger charge is 2.27. The number of hydrogen-bond acceptors (Lipinski definition) is 2. The van der Waals surface area contributed by atoms with E-state index in [-0.39, 0.29) is 6.10 Å². The first kappa shape index (κ1) is 13.4. The average Bonchev–Trinajstić information content (AvgIpc) is 2.46. The zero-order chi connectivity index (χ0) is 13.0. The van der Waals surface area contributed by atoms with E-state index in [1.165, 1.54) is 25.7 Å². The van der Waals surface area contributed by atoms with Crippen molar-refractivity contribution in [3.8, 4) is 5.75 Å². The third-order valence-electron chi connectivity index (χ3n) is 4.30. The highest BCUT2D eigenvalue weighted by Crippen LogP contribution is 2.38. The molecule has 18 heavy (non-hydrogen) atoms. The molecule has 2 nitrogen and oxygen atoms in total. The van der Waals surface area contributed by atoms with Crippen LogP contribution in [0.2, 0.25) is 0 Å². The molecular formula is C16H24O2. The Labute approximate surface area is 110 Å². The van der Waals surface area contributed by atoms with Gasteiger partial charge in [-0.2, -0.15) is 0 Å². The van der Waals surface area contributed by atoms with Crippen molar-refractivity contribution in [2.75, 3.05) is 7.11 Å². The van der Waals surface area contributed by atoms with Gasteiger partial charge < -0.3 is 9.84 Å². The van der Waals surface area contributed by atoms with Gasteiger partial charge in [-0.25, -0.2) is 0 Å². The summed E-state index contributed by atoms with van der Waals surface area (Å²) in [6.45, 7) is 2.26. The Morgan fingerprint density at radius 3 is 2.61 bits per heavy atom. The maximum Gasteiger partial charge on any atom is 0.118 e. The van der Waals surface area contributed by atoms with Gasteiger partial charge in [0.05, 0.1) is 13.2 Å². The summed E-state index contributed by atoms with van der Waals surface area (Å²) in [5.74, 6) is 2.08. The van der Waals surface area contributed by atoms with Crippen LogP contribution in [0.15, 0.2) is 24.3 Å². The van der Waals surface area contributed by atoms with Gasteiger partial charge in [-0.05, 0) is 42.4 Å². The third kappa shape index (κ3) is 3.05. The molecule has 0 radical (unpaired) electrons. The van der Waals surface area contributed by atoms with E-state index in [9.17, 15) is 5.11 Å². The van der Waals surface area contributed by atoms with Gasteiger partial charge in [0.1, 0.15) is 5.75 Å². The van der Waals surface area contributed by atoms with Crippen molar-refractivity contribution in [3.05, 3.63) is 29.8 Å². The van der Waals surface area contributed by atoms with Gasteiger partial charge in [0.25, 0.3) is 0 Å². The average molecular weight is 248 g/mol. The number of benzene rings is 1. The number of rotatable bonds is 4. The summed E-state index contributed by atoms with van der Waals surface area (Å²) < 4.78 is 5.15. The van der Waals surface area contributed by atoms with E-state index in [1.807, 2.05) is 24.3 Å². The van der Waals surface area contributed by atoms with E-state index < -0.39 is 0 Å². The van der Waals surface area contributed by atoms with Crippen LogP contribution in [0.3, 0.4) is 0 Å². The van der Waals surface area contributed by atoms with Gasteiger partial charge >= 0.3 is 0 Å². The molecule has 1 aliphatic rings. The SMILES string of the molecule is CCC1CCCC(C(O)c2ccc(OC)cc2)C1. The Hall–Kier alpha value is -1.02. The van der Waals surface area contributed by atoms with Crippen molar-refractivity contribution in [1.29, 1.82) is 0 Å². The minimum atomic E-state index is -0.315. The number of aliphatic hydroxyl groups is 1. The fraction of sp³-hybridized carbons (Fsp3) is 0.625. The van der Waals surface area contributed by atoms with Crippen LogP contribution >= 0.6 is 0 Å². The Morgan fingerprint density at radius 1 is 1.28 bits per heavy atom. The van der Waals surface area contributed by atoms with Crippen LogP contribution in [-0.4, -0.2) is 12.2 Å². The topological polar surface area (TPSA) is 29.5 Å². The molecule has 1 aromatic carbocycles. The first-order valence-electron chi connectivity index (χ1n) is 7.06. The van der Waals surface area contributed by atoms with Gasteiger partial charge in [-0.1, -0.05) is 38.3 Å². The van der Waals surface area contributed by atoms with Gasteiger partial charge in [0.2, 0.25) is 0 Å². The molecule has 2 heteroatoms. The lowest BCUT2D eigenvalue weighted by molar-refractivity contribution is 0.0678. The summed E-state index contributed by atoms with van der Waals surface area (Å²) >= 11 is 0.